The molecule has 1 aromatic carbocycles. The van der Waals surface area contributed by atoms with Crippen LogP contribution >= 0.6 is 11.6 Å². The van der Waals surface area contributed by atoms with Crippen molar-refractivity contribution in [1.82, 2.24) is 9.55 Å². The number of nitrogens with zero attached hydrogens (tertiary/aromatic N) is 2. The number of carboxylic acid groups (broad SMARTS) is 1. The number of benzene rings is 1. The quantitative estimate of drug-likeness (QED) is 0.850. The Kier molecular flexibility index (Phi) is 2.36. The molecule has 0 fully saturated rings. The van der Waals surface area contributed by atoms with Crippen molar-refractivity contribution < 1.29 is 9.90 Å². The minimum Gasteiger partial charge on any atom is -0.480 e. The van der Waals surface area contributed by atoms with Gasteiger partial charge < -0.3 is 9.67 Å². The van der Waals surface area contributed by atoms with E-state index in [1.165, 1.54) is 4.57 Å². The van der Waals surface area contributed by atoms with Crippen molar-refractivity contribution in [2.45, 2.75) is 13.5 Å². The predicted molar refractivity (Wildman–Crippen MR) is 57.1 cm³/mol. The van der Waals surface area contributed by atoms with Crippen molar-refractivity contribution in [2.75, 3.05) is 0 Å². The normalized spacial score (nSPS) is 10.8. The van der Waals surface area contributed by atoms with Gasteiger partial charge in [-0.15, -0.1) is 0 Å². The summed E-state index contributed by atoms with van der Waals surface area (Å²) in [4.78, 5) is 14.8. The van der Waals surface area contributed by atoms with Crippen LogP contribution in [-0.4, -0.2) is 20.6 Å². The molecule has 0 aliphatic heterocycles. The summed E-state index contributed by atoms with van der Waals surface area (Å²) in [5.74, 6) is -0.931. The van der Waals surface area contributed by atoms with Crippen LogP contribution in [0.2, 0.25) is 5.28 Å². The number of aliphatic carboxylic acids is 1. The van der Waals surface area contributed by atoms with Crippen molar-refractivity contribution in [3.05, 3.63) is 29.0 Å². The van der Waals surface area contributed by atoms with Gasteiger partial charge in [0, 0.05) is 0 Å². The minimum atomic E-state index is -0.931. The number of aromatic nitrogens is 2. The molecular weight excluding hydrogens is 216 g/mol. The van der Waals surface area contributed by atoms with Gasteiger partial charge in [0.25, 0.3) is 0 Å². The van der Waals surface area contributed by atoms with Crippen LogP contribution in [0.3, 0.4) is 0 Å². The van der Waals surface area contributed by atoms with Crippen LogP contribution in [0.25, 0.3) is 11.0 Å². The number of fused-ring (bicyclic) bond motifs is 1. The first kappa shape index (κ1) is 9.98. The number of rotatable bonds is 2. The fraction of sp³-hybridized carbons (Fsp3) is 0.200. The second-order valence-corrected chi connectivity index (χ2v) is 3.64. The summed E-state index contributed by atoms with van der Waals surface area (Å²) in [5.41, 5.74) is 2.47. The van der Waals surface area contributed by atoms with Crippen molar-refractivity contribution in [3.8, 4) is 0 Å². The molecule has 5 heteroatoms. The molecule has 2 rings (SSSR count). The van der Waals surface area contributed by atoms with E-state index in [4.69, 9.17) is 16.7 Å². The van der Waals surface area contributed by atoms with Crippen LogP contribution in [0, 0.1) is 6.92 Å². The lowest BCUT2D eigenvalue weighted by atomic mass is 10.2. The zero-order valence-electron chi connectivity index (χ0n) is 8.07. The molecular formula is C10H9ClN2O2. The summed E-state index contributed by atoms with van der Waals surface area (Å²) in [5, 5.41) is 8.96. The molecule has 0 saturated carbocycles. The van der Waals surface area contributed by atoms with Gasteiger partial charge in [0.1, 0.15) is 6.54 Å². The molecule has 15 heavy (non-hydrogen) atoms. The van der Waals surface area contributed by atoms with Crippen LogP contribution in [0.15, 0.2) is 18.2 Å². The molecule has 0 bridgehead atoms. The molecule has 0 saturated heterocycles. The van der Waals surface area contributed by atoms with Gasteiger partial charge in [0.2, 0.25) is 5.28 Å². The molecule has 0 atom stereocenters. The van der Waals surface area contributed by atoms with Crippen LogP contribution in [0.1, 0.15) is 5.56 Å². The number of hydrogen-bond acceptors (Lipinski definition) is 2. The molecule has 0 aliphatic carbocycles. The number of imidazole rings is 1. The number of halogens is 1. The molecule has 0 unspecified atom stereocenters. The summed E-state index contributed by atoms with van der Waals surface area (Å²) in [6.45, 7) is 1.73. The highest BCUT2D eigenvalue weighted by molar-refractivity contribution is 6.29. The van der Waals surface area contributed by atoms with E-state index in [0.717, 1.165) is 16.6 Å². The van der Waals surface area contributed by atoms with Gasteiger partial charge in [-0.3, -0.25) is 4.79 Å². The van der Waals surface area contributed by atoms with Gasteiger partial charge in [0.05, 0.1) is 11.0 Å². The standard InChI is InChI=1S/C10H9ClN2O2/c1-6-3-2-4-7-9(6)13(5-8(14)15)10(11)12-7/h2-4H,5H2,1H3,(H,14,15). The average Bonchev–Trinajstić information content (AvgIpc) is 2.43. The number of hydrogen-bond donors (Lipinski definition) is 1. The molecule has 78 valence electrons. The Hall–Kier alpha value is -1.55. The summed E-state index contributed by atoms with van der Waals surface area (Å²) in [7, 11) is 0. The van der Waals surface area contributed by atoms with Gasteiger partial charge in [-0.2, -0.15) is 0 Å². The van der Waals surface area contributed by atoms with E-state index in [9.17, 15) is 4.79 Å². The number of carbonyl (C=O) groups is 1. The van der Waals surface area contributed by atoms with Gasteiger partial charge >= 0.3 is 5.97 Å². The maximum Gasteiger partial charge on any atom is 0.323 e. The van der Waals surface area contributed by atoms with Gasteiger partial charge in [0.15, 0.2) is 0 Å². The zero-order chi connectivity index (χ0) is 11.0. The topological polar surface area (TPSA) is 55.1 Å². The lowest BCUT2D eigenvalue weighted by Gasteiger charge is -2.03. The molecule has 1 aromatic heterocycles. The minimum absolute atomic E-state index is 0.166. The molecule has 0 aliphatic rings. The third kappa shape index (κ3) is 1.68. The van der Waals surface area contributed by atoms with E-state index in [1.807, 2.05) is 25.1 Å². The van der Waals surface area contributed by atoms with E-state index in [0.29, 0.717) is 0 Å². The second kappa shape index (κ2) is 3.55. The van der Waals surface area contributed by atoms with Crippen LogP contribution in [0.4, 0.5) is 0 Å². The second-order valence-electron chi connectivity index (χ2n) is 3.30. The van der Waals surface area contributed by atoms with Crippen LogP contribution in [-0.2, 0) is 11.3 Å². The first-order chi connectivity index (χ1) is 7.09. The largest absolute Gasteiger partial charge is 0.480 e. The van der Waals surface area contributed by atoms with Crippen molar-refractivity contribution >= 4 is 28.6 Å². The monoisotopic (exact) mass is 224 g/mol. The highest BCUT2D eigenvalue weighted by Gasteiger charge is 2.12. The van der Waals surface area contributed by atoms with E-state index in [2.05, 4.69) is 4.98 Å². The molecule has 1 N–H and O–H groups in total. The summed E-state index contributed by atoms with van der Waals surface area (Å²) in [6.07, 6.45) is 0. The molecule has 2 aromatic rings. The zero-order valence-corrected chi connectivity index (χ0v) is 8.82. The van der Waals surface area contributed by atoms with E-state index in [1.54, 1.807) is 0 Å². The SMILES string of the molecule is Cc1cccc2nc(Cl)n(CC(=O)O)c12. The fourth-order valence-corrected chi connectivity index (χ4v) is 1.85. The third-order valence-corrected chi connectivity index (χ3v) is 2.50. The van der Waals surface area contributed by atoms with E-state index < -0.39 is 5.97 Å². The van der Waals surface area contributed by atoms with Crippen LogP contribution in [0.5, 0.6) is 0 Å². The molecule has 1 heterocycles. The highest BCUT2D eigenvalue weighted by atomic mass is 35.5. The Bertz CT molecular complexity index is 533. The van der Waals surface area contributed by atoms with Gasteiger partial charge in [-0.05, 0) is 30.2 Å². The van der Waals surface area contributed by atoms with Crippen molar-refractivity contribution in [1.29, 1.82) is 0 Å². The first-order valence-electron chi connectivity index (χ1n) is 4.42. The number of aryl methyl sites for hydroxylation is 1. The van der Waals surface area contributed by atoms with Crippen molar-refractivity contribution in [2.24, 2.45) is 0 Å². The summed E-state index contributed by atoms with van der Waals surface area (Å²) < 4.78 is 1.49. The number of carboxylic acids is 1. The van der Waals surface area contributed by atoms with Crippen molar-refractivity contribution in [3.63, 3.8) is 0 Å². The molecule has 0 amide bonds. The van der Waals surface area contributed by atoms with E-state index in [-0.39, 0.29) is 11.8 Å². The maximum absolute atomic E-state index is 10.7. The van der Waals surface area contributed by atoms with Crippen LogP contribution < -0.4 is 0 Å². The molecule has 0 radical (unpaired) electrons. The van der Waals surface area contributed by atoms with Gasteiger partial charge in [-0.1, -0.05) is 12.1 Å². The Morgan fingerprint density at radius 3 is 3.00 bits per heavy atom. The van der Waals surface area contributed by atoms with E-state index >= 15 is 0 Å². The predicted octanol–water partition coefficient (Wildman–Crippen LogP) is 2.08. The maximum atomic E-state index is 10.7. The van der Waals surface area contributed by atoms with Gasteiger partial charge in [-0.25, -0.2) is 4.98 Å². The Morgan fingerprint density at radius 2 is 2.33 bits per heavy atom. The third-order valence-electron chi connectivity index (χ3n) is 2.22. The lowest BCUT2D eigenvalue weighted by molar-refractivity contribution is -0.137. The molecule has 0 spiro atoms. The first-order valence-corrected chi connectivity index (χ1v) is 4.80. The summed E-state index contributed by atoms with van der Waals surface area (Å²) in [6, 6.07) is 5.58. The average molecular weight is 225 g/mol. The Balaban J connectivity index is 2.71. The fourth-order valence-electron chi connectivity index (χ4n) is 1.62. The highest BCUT2D eigenvalue weighted by Crippen LogP contribution is 2.22. The summed E-state index contributed by atoms with van der Waals surface area (Å²) >= 11 is 5.87. The molecule has 4 nitrogen and oxygen atoms in total. The smallest absolute Gasteiger partial charge is 0.323 e. The Morgan fingerprint density at radius 1 is 1.60 bits per heavy atom. The number of para-hydroxylation sites is 1. The lowest BCUT2D eigenvalue weighted by Crippen LogP contribution is -2.09. The Labute approximate surface area is 91.1 Å².